The standard InChI is InChI=1S/C33H28O15/c34-14-6-13(7-20-23(14)15(35)8-18(46-20)12-4-2-1-3-5-12)45-33-31(43)30(42)32-22(48-33)11-44-19-9-16(36)26(38)28(40)24(19)25-21(47-32)10-17(37)27(39)29(25)41/h1-7,9-10,18,22,30-34,36-43H,8,11H2/t18?,22-,30-,31-,32-,33-/m1/s1. The Morgan fingerprint density at radius 2 is 1.29 bits per heavy atom. The van der Waals surface area contributed by atoms with Crippen molar-refractivity contribution < 1.29 is 74.4 Å². The van der Waals surface area contributed by atoms with Gasteiger partial charge in [0.05, 0.1) is 17.5 Å². The first-order valence-corrected chi connectivity index (χ1v) is 14.6. The third-order valence-electron chi connectivity index (χ3n) is 8.39. The summed E-state index contributed by atoms with van der Waals surface area (Å²) in [7, 11) is 0. The highest BCUT2D eigenvalue weighted by molar-refractivity contribution is 6.02. The number of aromatic hydroxyl groups is 7. The van der Waals surface area contributed by atoms with Gasteiger partial charge >= 0.3 is 0 Å². The van der Waals surface area contributed by atoms with Crippen LogP contribution in [0, 0.1) is 0 Å². The number of Topliss-reactive ketones (excluding diaryl/α,β-unsaturated/α-hetero) is 1. The fraction of sp³-hybridized carbons (Fsp3) is 0.242. The van der Waals surface area contributed by atoms with Gasteiger partial charge in [-0.25, -0.2) is 0 Å². The Kier molecular flexibility index (Phi) is 7.38. The summed E-state index contributed by atoms with van der Waals surface area (Å²) in [6, 6.07) is 13.2. The van der Waals surface area contributed by atoms with Crippen LogP contribution in [0.4, 0.5) is 0 Å². The van der Waals surface area contributed by atoms with Gasteiger partial charge in [-0.15, -0.1) is 0 Å². The molecule has 6 atom stereocenters. The van der Waals surface area contributed by atoms with Crippen molar-refractivity contribution in [3.63, 3.8) is 0 Å². The molecule has 1 unspecified atom stereocenters. The molecule has 7 rings (SSSR count). The monoisotopic (exact) mass is 664 g/mol. The zero-order valence-electron chi connectivity index (χ0n) is 24.5. The van der Waals surface area contributed by atoms with Crippen molar-refractivity contribution >= 4 is 5.78 Å². The molecule has 4 aromatic rings. The van der Waals surface area contributed by atoms with Gasteiger partial charge in [0.25, 0.3) is 0 Å². The van der Waals surface area contributed by atoms with Crippen molar-refractivity contribution in [1.82, 2.24) is 0 Å². The lowest BCUT2D eigenvalue weighted by atomic mass is 9.95. The molecule has 0 aromatic heterocycles. The molecule has 0 aliphatic carbocycles. The van der Waals surface area contributed by atoms with Crippen LogP contribution in [0.25, 0.3) is 11.1 Å². The lowest BCUT2D eigenvalue weighted by Gasteiger charge is -2.42. The number of phenolic OH excluding ortho intramolecular Hbond substituents is 7. The van der Waals surface area contributed by atoms with E-state index in [1.807, 2.05) is 6.07 Å². The molecule has 3 aliphatic rings. The van der Waals surface area contributed by atoms with Crippen LogP contribution < -0.4 is 18.9 Å². The van der Waals surface area contributed by atoms with Gasteiger partial charge in [-0.1, -0.05) is 30.3 Å². The van der Waals surface area contributed by atoms with Crippen molar-refractivity contribution in [2.24, 2.45) is 0 Å². The third kappa shape index (κ3) is 5.00. The minimum atomic E-state index is -1.84. The molecule has 1 fully saturated rings. The van der Waals surface area contributed by atoms with E-state index in [1.165, 1.54) is 6.07 Å². The quantitative estimate of drug-likeness (QED) is 0.143. The number of carbonyl (C=O) groups excluding carboxylic acids is 1. The van der Waals surface area contributed by atoms with E-state index in [0.717, 1.165) is 23.8 Å². The van der Waals surface area contributed by atoms with Crippen molar-refractivity contribution in [3.8, 4) is 74.4 Å². The van der Waals surface area contributed by atoms with Gasteiger partial charge in [-0.05, 0) is 5.56 Å². The summed E-state index contributed by atoms with van der Waals surface area (Å²) in [5.74, 6) is -7.36. The molecule has 48 heavy (non-hydrogen) atoms. The Morgan fingerprint density at radius 3 is 1.98 bits per heavy atom. The number of phenols is 7. The lowest BCUT2D eigenvalue weighted by Crippen LogP contribution is -2.62. The first-order chi connectivity index (χ1) is 22.9. The average Bonchev–Trinajstić information content (AvgIpc) is 3.12. The number of rotatable bonds is 3. The molecule has 0 radical (unpaired) electrons. The molecule has 15 heteroatoms. The minimum absolute atomic E-state index is 0.0128. The van der Waals surface area contributed by atoms with Crippen LogP contribution in [0.1, 0.15) is 28.4 Å². The SMILES string of the molecule is O=C1CC(c2ccccc2)Oc2cc(O[C@@H]3O[C@@H]4COc5cc(O)c(O)c(O)c5-c5c(cc(O)c(O)c5O)O[C@H]4[C@H](O)[C@H]3O)cc(O)c21. The highest BCUT2D eigenvalue weighted by Gasteiger charge is 2.49. The summed E-state index contributed by atoms with van der Waals surface area (Å²) in [6.07, 6.45) is -8.76. The molecule has 1 saturated heterocycles. The maximum Gasteiger partial charge on any atom is 0.229 e. The summed E-state index contributed by atoms with van der Waals surface area (Å²) >= 11 is 0. The van der Waals surface area contributed by atoms with E-state index in [4.69, 9.17) is 23.7 Å². The molecule has 4 aromatic carbocycles. The molecule has 0 amide bonds. The molecule has 250 valence electrons. The predicted octanol–water partition coefficient (Wildman–Crippen LogP) is 2.66. The Bertz CT molecular complexity index is 1930. The summed E-state index contributed by atoms with van der Waals surface area (Å²) < 4.78 is 29.5. The zero-order chi connectivity index (χ0) is 34.0. The number of fused-ring (bicyclic) bond motifs is 5. The van der Waals surface area contributed by atoms with Crippen LogP contribution in [0.3, 0.4) is 0 Å². The molecular weight excluding hydrogens is 636 g/mol. The highest BCUT2D eigenvalue weighted by atomic mass is 16.7. The zero-order valence-corrected chi connectivity index (χ0v) is 24.5. The van der Waals surface area contributed by atoms with Crippen LogP contribution in [-0.4, -0.2) is 89.1 Å². The Balaban J connectivity index is 1.22. The Labute approximate surface area is 270 Å². The number of benzene rings is 4. The number of carbonyl (C=O) groups is 1. The van der Waals surface area contributed by atoms with Crippen LogP contribution in [-0.2, 0) is 4.74 Å². The van der Waals surface area contributed by atoms with E-state index in [1.54, 1.807) is 24.3 Å². The predicted molar refractivity (Wildman–Crippen MR) is 160 cm³/mol. The molecule has 0 saturated carbocycles. The fourth-order valence-electron chi connectivity index (χ4n) is 6.00. The number of aliphatic hydroxyl groups is 2. The molecule has 3 aliphatic heterocycles. The van der Waals surface area contributed by atoms with Gasteiger partial charge in [-0.3, -0.25) is 4.79 Å². The number of ether oxygens (including phenoxy) is 5. The first kappa shape index (κ1) is 30.9. The van der Waals surface area contributed by atoms with Crippen molar-refractivity contribution in [2.75, 3.05) is 6.61 Å². The Morgan fingerprint density at radius 1 is 0.667 bits per heavy atom. The molecule has 0 bridgehead atoms. The summed E-state index contributed by atoms with van der Waals surface area (Å²) in [5.41, 5.74) is -0.269. The molecule has 15 nitrogen and oxygen atoms in total. The molecule has 3 heterocycles. The van der Waals surface area contributed by atoms with Crippen LogP contribution in [0.5, 0.6) is 63.2 Å². The van der Waals surface area contributed by atoms with E-state index in [2.05, 4.69) is 0 Å². The third-order valence-corrected chi connectivity index (χ3v) is 8.39. The summed E-state index contributed by atoms with van der Waals surface area (Å²) in [4.78, 5) is 12.9. The van der Waals surface area contributed by atoms with E-state index in [-0.39, 0.29) is 35.0 Å². The number of hydrogen-bond donors (Lipinski definition) is 9. The fourth-order valence-corrected chi connectivity index (χ4v) is 6.00. The van der Waals surface area contributed by atoms with Crippen LogP contribution in [0.15, 0.2) is 54.6 Å². The van der Waals surface area contributed by atoms with Crippen molar-refractivity contribution in [3.05, 3.63) is 65.7 Å². The van der Waals surface area contributed by atoms with Crippen LogP contribution >= 0.6 is 0 Å². The van der Waals surface area contributed by atoms with Gasteiger partial charge in [0.1, 0.15) is 65.3 Å². The van der Waals surface area contributed by atoms with Gasteiger partial charge in [-0.2, -0.15) is 0 Å². The maximum absolute atomic E-state index is 12.9. The smallest absolute Gasteiger partial charge is 0.229 e. The second kappa shape index (κ2) is 11.5. The van der Waals surface area contributed by atoms with E-state index in [0.29, 0.717) is 0 Å². The van der Waals surface area contributed by atoms with Crippen molar-refractivity contribution in [1.29, 1.82) is 0 Å². The van der Waals surface area contributed by atoms with E-state index >= 15 is 0 Å². The average molecular weight is 665 g/mol. The summed E-state index contributed by atoms with van der Waals surface area (Å²) in [6.45, 7) is -0.510. The van der Waals surface area contributed by atoms with Gasteiger partial charge < -0.3 is 69.6 Å². The minimum Gasteiger partial charge on any atom is -0.507 e. The van der Waals surface area contributed by atoms with E-state index in [9.17, 15) is 50.8 Å². The maximum atomic E-state index is 12.9. The molecule has 0 spiro atoms. The summed E-state index contributed by atoms with van der Waals surface area (Å²) in [5, 5.41) is 95.4. The largest absolute Gasteiger partial charge is 0.507 e. The van der Waals surface area contributed by atoms with Gasteiger partial charge in [0.2, 0.25) is 17.8 Å². The topological polar surface area (TPSA) is 245 Å². The van der Waals surface area contributed by atoms with Gasteiger partial charge in [0.15, 0.2) is 34.9 Å². The normalized spacial score (nSPS) is 24.5. The van der Waals surface area contributed by atoms with Gasteiger partial charge in [0, 0.05) is 24.3 Å². The molecule has 9 N–H and O–H groups in total. The highest BCUT2D eigenvalue weighted by Crippen LogP contribution is 2.57. The molecular formula is C33H28O15. The second-order valence-electron chi connectivity index (χ2n) is 11.4. The number of ketones is 1. The number of hydrogen-bond acceptors (Lipinski definition) is 15. The Hall–Kier alpha value is -5.77. The second-order valence-corrected chi connectivity index (χ2v) is 11.4. The van der Waals surface area contributed by atoms with Crippen LogP contribution in [0.2, 0.25) is 0 Å². The first-order valence-electron chi connectivity index (χ1n) is 14.6. The van der Waals surface area contributed by atoms with Crippen molar-refractivity contribution in [2.45, 2.75) is 43.2 Å². The number of aliphatic hydroxyl groups excluding tert-OH is 2. The van der Waals surface area contributed by atoms with E-state index < -0.39 is 101 Å². The lowest BCUT2D eigenvalue weighted by molar-refractivity contribution is -0.271.